The van der Waals surface area contributed by atoms with Gasteiger partial charge in [0.2, 0.25) is 5.91 Å². The van der Waals surface area contributed by atoms with E-state index < -0.39 is 21.6 Å². The molecule has 0 fully saturated rings. The van der Waals surface area contributed by atoms with Crippen LogP contribution in [0.1, 0.15) is 23.6 Å². The first-order valence-electron chi connectivity index (χ1n) is 9.90. The molecule has 8 heteroatoms. The Morgan fingerprint density at radius 1 is 0.938 bits per heavy atom. The van der Waals surface area contributed by atoms with E-state index in [0.29, 0.717) is 22.4 Å². The minimum absolute atomic E-state index is 0.00434. The van der Waals surface area contributed by atoms with E-state index in [0.717, 1.165) is 6.07 Å². The van der Waals surface area contributed by atoms with Gasteiger partial charge >= 0.3 is 6.18 Å². The largest absolute Gasteiger partial charge is 0.417 e. The molecule has 0 aliphatic rings. The van der Waals surface area contributed by atoms with E-state index in [2.05, 4.69) is 5.32 Å². The summed E-state index contributed by atoms with van der Waals surface area (Å²) in [6.07, 6.45) is -4.44. The number of hydrogen-bond donors (Lipinski definition) is 1. The lowest BCUT2D eigenvalue weighted by atomic mass is 9.95. The van der Waals surface area contributed by atoms with Crippen molar-refractivity contribution in [3.05, 3.63) is 83.4 Å². The molecule has 1 N–H and O–H groups in total. The van der Waals surface area contributed by atoms with E-state index in [-0.39, 0.29) is 28.5 Å². The van der Waals surface area contributed by atoms with Gasteiger partial charge in [-0.15, -0.1) is 0 Å². The quantitative estimate of drug-likeness (QED) is 0.516. The van der Waals surface area contributed by atoms with Crippen molar-refractivity contribution in [3.8, 4) is 11.1 Å². The molecule has 3 aromatic carbocycles. The lowest BCUT2D eigenvalue weighted by molar-refractivity contribution is -0.137. The number of alkyl halides is 3. The van der Waals surface area contributed by atoms with Gasteiger partial charge in [-0.1, -0.05) is 43.3 Å². The van der Waals surface area contributed by atoms with Crippen LogP contribution in [0, 0.1) is 6.92 Å². The molecule has 168 valence electrons. The number of anilines is 1. The van der Waals surface area contributed by atoms with Gasteiger partial charge in [-0.25, -0.2) is 8.42 Å². The van der Waals surface area contributed by atoms with E-state index in [1.807, 2.05) is 0 Å². The first-order valence-corrected chi connectivity index (χ1v) is 11.6. The van der Waals surface area contributed by atoms with Gasteiger partial charge in [0, 0.05) is 5.69 Å². The monoisotopic (exact) mass is 461 g/mol. The molecule has 0 saturated heterocycles. The highest BCUT2D eigenvalue weighted by atomic mass is 32.2. The highest BCUT2D eigenvalue weighted by Crippen LogP contribution is 2.38. The first-order chi connectivity index (χ1) is 15.0. The topological polar surface area (TPSA) is 63.2 Å². The zero-order valence-electron chi connectivity index (χ0n) is 17.5. The molecular formula is C24H22F3NO3S. The summed E-state index contributed by atoms with van der Waals surface area (Å²) in [6, 6.07) is 16.2. The number of carbonyl (C=O) groups excluding carboxylic acids is 1. The van der Waals surface area contributed by atoms with Crippen molar-refractivity contribution in [1.82, 2.24) is 0 Å². The molecule has 0 bridgehead atoms. The molecule has 0 aromatic heterocycles. The minimum Gasteiger partial charge on any atom is -0.326 e. The molecule has 0 atom stereocenters. The Bertz CT molecular complexity index is 1230. The maximum absolute atomic E-state index is 13.3. The second-order valence-corrected chi connectivity index (χ2v) is 9.62. The van der Waals surface area contributed by atoms with E-state index in [1.54, 1.807) is 50.2 Å². The Kier molecular flexibility index (Phi) is 6.74. The Morgan fingerprint density at radius 2 is 1.59 bits per heavy atom. The highest BCUT2D eigenvalue weighted by molar-refractivity contribution is 7.91. The van der Waals surface area contributed by atoms with Crippen LogP contribution >= 0.6 is 0 Å². The molecule has 3 aromatic rings. The molecular weight excluding hydrogens is 439 g/mol. The SMILES string of the molecule is CCS(=O)(=O)c1ccc(CC(=O)Nc2ccc(-c3ccccc3C(F)(F)F)c(C)c2)cc1. The van der Waals surface area contributed by atoms with Crippen molar-refractivity contribution in [2.24, 2.45) is 0 Å². The summed E-state index contributed by atoms with van der Waals surface area (Å²) < 4.78 is 63.8. The van der Waals surface area contributed by atoms with Crippen LogP contribution in [0.15, 0.2) is 71.6 Å². The van der Waals surface area contributed by atoms with Crippen molar-refractivity contribution in [1.29, 1.82) is 0 Å². The van der Waals surface area contributed by atoms with E-state index in [1.165, 1.54) is 24.3 Å². The Labute approximate surface area is 185 Å². The van der Waals surface area contributed by atoms with Gasteiger partial charge in [-0.3, -0.25) is 4.79 Å². The van der Waals surface area contributed by atoms with Crippen molar-refractivity contribution in [3.63, 3.8) is 0 Å². The average molecular weight is 462 g/mol. The van der Waals surface area contributed by atoms with E-state index in [4.69, 9.17) is 0 Å². The molecule has 1 amide bonds. The molecule has 32 heavy (non-hydrogen) atoms. The van der Waals surface area contributed by atoms with Gasteiger partial charge in [0.15, 0.2) is 9.84 Å². The minimum atomic E-state index is -4.47. The van der Waals surface area contributed by atoms with Crippen LogP contribution in [-0.2, 0) is 27.2 Å². The van der Waals surface area contributed by atoms with Crippen LogP contribution < -0.4 is 5.32 Å². The van der Waals surface area contributed by atoms with Gasteiger partial charge in [0.05, 0.1) is 22.6 Å². The molecule has 3 rings (SSSR count). The summed E-state index contributed by atoms with van der Waals surface area (Å²) in [7, 11) is -3.31. The lowest BCUT2D eigenvalue weighted by Gasteiger charge is -2.15. The summed E-state index contributed by atoms with van der Waals surface area (Å²) in [4.78, 5) is 12.6. The maximum Gasteiger partial charge on any atom is 0.417 e. The fourth-order valence-corrected chi connectivity index (χ4v) is 4.26. The van der Waals surface area contributed by atoms with Gasteiger partial charge in [-0.05, 0) is 59.5 Å². The molecule has 4 nitrogen and oxygen atoms in total. The summed E-state index contributed by atoms with van der Waals surface area (Å²) in [6.45, 7) is 3.25. The van der Waals surface area contributed by atoms with Crippen LogP contribution in [0.25, 0.3) is 11.1 Å². The summed E-state index contributed by atoms with van der Waals surface area (Å²) in [5.74, 6) is -0.325. The highest BCUT2D eigenvalue weighted by Gasteiger charge is 2.33. The van der Waals surface area contributed by atoms with Crippen molar-refractivity contribution < 1.29 is 26.4 Å². The number of sulfone groups is 1. The second-order valence-electron chi connectivity index (χ2n) is 7.35. The maximum atomic E-state index is 13.3. The van der Waals surface area contributed by atoms with Gasteiger partial charge in [0.1, 0.15) is 0 Å². The first kappa shape index (κ1) is 23.5. The Balaban J connectivity index is 1.75. The normalized spacial score (nSPS) is 11.9. The van der Waals surface area contributed by atoms with Crippen molar-refractivity contribution >= 4 is 21.4 Å². The fourth-order valence-electron chi connectivity index (χ4n) is 3.38. The van der Waals surface area contributed by atoms with Crippen molar-refractivity contribution in [2.75, 3.05) is 11.1 Å². The zero-order valence-corrected chi connectivity index (χ0v) is 18.3. The Hall–Kier alpha value is -3.13. The number of hydrogen-bond acceptors (Lipinski definition) is 3. The average Bonchev–Trinajstić information content (AvgIpc) is 2.73. The van der Waals surface area contributed by atoms with Gasteiger partial charge in [0.25, 0.3) is 0 Å². The van der Waals surface area contributed by atoms with E-state index in [9.17, 15) is 26.4 Å². The number of nitrogens with one attached hydrogen (secondary N) is 1. The van der Waals surface area contributed by atoms with Crippen LogP contribution in [0.4, 0.5) is 18.9 Å². The standard InChI is InChI=1S/C24H22F3NO3S/c1-3-32(30,31)19-11-8-17(9-12-19)15-23(29)28-18-10-13-20(16(2)14-18)21-6-4-5-7-22(21)24(25,26)27/h4-14H,3,15H2,1-2H3,(H,28,29). The molecule has 0 heterocycles. The summed E-state index contributed by atoms with van der Waals surface area (Å²) >= 11 is 0. The summed E-state index contributed by atoms with van der Waals surface area (Å²) in [5.41, 5.74) is 1.50. The predicted octanol–water partition coefficient (Wildman–Crippen LogP) is 5.66. The molecule has 0 aliphatic heterocycles. The molecule has 0 unspecified atom stereocenters. The third kappa shape index (κ3) is 5.37. The number of halogens is 3. The second kappa shape index (κ2) is 9.16. The summed E-state index contributed by atoms with van der Waals surface area (Å²) in [5, 5.41) is 2.73. The number of rotatable bonds is 6. The fraction of sp³-hybridized carbons (Fsp3) is 0.208. The van der Waals surface area contributed by atoms with E-state index >= 15 is 0 Å². The smallest absolute Gasteiger partial charge is 0.326 e. The number of amides is 1. The number of aryl methyl sites for hydroxylation is 1. The lowest BCUT2D eigenvalue weighted by Crippen LogP contribution is -2.14. The van der Waals surface area contributed by atoms with Crippen LogP contribution in [0.5, 0.6) is 0 Å². The third-order valence-corrected chi connectivity index (χ3v) is 6.81. The van der Waals surface area contributed by atoms with Crippen LogP contribution in [-0.4, -0.2) is 20.1 Å². The molecule has 0 spiro atoms. The molecule has 0 saturated carbocycles. The molecule has 0 aliphatic carbocycles. The molecule has 0 radical (unpaired) electrons. The predicted molar refractivity (Wildman–Crippen MR) is 118 cm³/mol. The zero-order chi connectivity index (χ0) is 23.5. The number of carbonyl (C=O) groups is 1. The van der Waals surface area contributed by atoms with Crippen LogP contribution in [0.2, 0.25) is 0 Å². The van der Waals surface area contributed by atoms with Crippen molar-refractivity contribution in [2.45, 2.75) is 31.3 Å². The Morgan fingerprint density at radius 3 is 2.19 bits per heavy atom. The van der Waals surface area contributed by atoms with Gasteiger partial charge in [-0.2, -0.15) is 13.2 Å². The number of benzene rings is 3. The van der Waals surface area contributed by atoms with Crippen LogP contribution in [0.3, 0.4) is 0 Å². The van der Waals surface area contributed by atoms with Gasteiger partial charge < -0.3 is 5.32 Å². The third-order valence-electron chi connectivity index (χ3n) is 5.06.